The van der Waals surface area contributed by atoms with Crippen LogP contribution in [0.5, 0.6) is 0 Å². The van der Waals surface area contributed by atoms with Crippen molar-refractivity contribution in [1.29, 1.82) is 0 Å². The standard InChI is InChI=1S/C34H39N9O/c1-24(26-11-8-20-42(22-26)34(44)40-29-15-6-10-25-9-2-3-13-28(25)29)39-33-36-19-17-32(41-33)43(38-21-27-12-7-18-35-27)23-37-30-14-4-5-16-31(30)43/h2-6,9-10,13-17,19,23-24,26-27,35,38H,7-8,11-12,18,20-22H2,1H3,(H-,36,39,40,41,44)/p+1. The number of nitrogens with zero attached hydrogens (tertiary/aromatic N) is 5. The Kier molecular flexibility index (Phi) is 7.95. The summed E-state index contributed by atoms with van der Waals surface area (Å²) >= 11 is 0. The number of hydrogen-bond acceptors (Lipinski definition) is 7. The van der Waals surface area contributed by atoms with E-state index in [1.54, 1.807) is 0 Å². The first kappa shape index (κ1) is 28.4. The number of piperidine rings is 1. The largest absolute Gasteiger partial charge is 0.351 e. The van der Waals surface area contributed by atoms with Gasteiger partial charge in [0, 0.05) is 48.9 Å². The number of hydrogen-bond donors (Lipinski definition) is 4. The molecule has 2 amide bonds. The zero-order valence-corrected chi connectivity index (χ0v) is 25.1. The Balaban J connectivity index is 1.05. The molecule has 0 aliphatic carbocycles. The van der Waals surface area contributed by atoms with Crippen LogP contribution >= 0.6 is 0 Å². The van der Waals surface area contributed by atoms with Gasteiger partial charge in [-0.05, 0) is 62.6 Å². The van der Waals surface area contributed by atoms with Gasteiger partial charge in [-0.1, -0.05) is 48.5 Å². The van der Waals surface area contributed by atoms with Crippen molar-refractivity contribution < 1.29 is 4.79 Å². The van der Waals surface area contributed by atoms with E-state index in [0.717, 1.165) is 72.5 Å². The molecule has 4 unspecified atom stereocenters. The van der Waals surface area contributed by atoms with Crippen molar-refractivity contribution in [2.45, 2.75) is 44.7 Å². The molecule has 2 saturated heterocycles. The van der Waals surface area contributed by atoms with Crippen LogP contribution < -0.4 is 26.0 Å². The van der Waals surface area contributed by atoms with Crippen LogP contribution in [0.4, 0.5) is 33.6 Å². The predicted molar refractivity (Wildman–Crippen MR) is 177 cm³/mol. The number of anilines is 2. The van der Waals surface area contributed by atoms with Gasteiger partial charge in [0.15, 0.2) is 5.69 Å². The van der Waals surface area contributed by atoms with E-state index >= 15 is 0 Å². The summed E-state index contributed by atoms with van der Waals surface area (Å²) in [5.74, 6) is 1.64. The Morgan fingerprint density at radius 3 is 2.82 bits per heavy atom. The minimum Gasteiger partial charge on any atom is -0.351 e. The van der Waals surface area contributed by atoms with Crippen LogP contribution in [0, 0.1) is 5.92 Å². The van der Waals surface area contributed by atoms with Crippen LogP contribution in [0.25, 0.3) is 10.8 Å². The topological polar surface area (TPSA) is 107 Å². The molecule has 4 heterocycles. The highest BCUT2D eigenvalue weighted by molar-refractivity contribution is 6.01. The van der Waals surface area contributed by atoms with Gasteiger partial charge in [-0.15, -0.1) is 10.0 Å². The number of quaternary nitrogens is 1. The first-order valence-corrected chi connectivity index (χ1v) is 15.7. The summed E-state index contributed by atoms with van der Waals surface area (Å²) in [5, 5.41) is 12.5. The van der Waals surface area contributed by atoms with Crippen LogP contribution in [-0.4, -0.2) is 65.5 Å². The molecule has 0 bridgehead atoms. The number of carbonyl (C=O) groups excluding carboxylic acids is 1. The lowest BCUT2D eigenvalue weighted by atomic mass is 9.92. The highest BCUT2D eigenvalue weighted by Crippen LogP contribution is 2.41. The third-order valence-electron chi connectivity index (χ3n) is 9.22. The second-order valence-corrected chi connectivity index (χ2v) is 12.1. The highest BCUT2D eigenvalue weighted by Gasteiger charge is 2.42. The monoisotopic (exact) mass is 590 g/mol. The number of rotatable bonds is 8. The summed E-state index contributed by atoms with van der Waals surface area (Å²) in [4.78, 5) is 29.7. The van der Waals surface area contributed by atoms with Gasteiger partial charge in [-0.2, -0.15) is 9.98 Å². The summed E-state index contributed by atoms with van der Waals surface area (Å²) < 4.78 is 0.242. The lowest BCUT2D eigenvalue weighted by Crippen LogP contribution is -2.57. The Morgan fingerprint density at radius 1 is 1.05 bits per heavy atom. The van der Waals surface area contributed by atoms with Gasteiger partial charge in [-0.3, -0.25) is 0 Å². The average molecular weight is 591 g/mol. The zero-order valence-electron chi connectivity index (χ0n) is 25.1. The summed E-state index contributed by atoms with van der Waals surface area (Å²) in [6.45, 7) is 5.42. The van der Waals surface area contributed by atoms with E-state index < -0.39 is 0 Å². The van der Waals surface area contributed by atoms with Gasteiger partial charge in [0.1, 0.15) is 5.69 Å². The Morgan fingerprint density at radius 2 is 1.91 bits per heavy atom. The molecule has 3 aliphatic heterocycles. The number of fused-ring (bicyclic) bond motifs is 2. The smallest absolute Gasteiger partial charge is 0.321 e. The maximum absolute atomic E-state index is 13.4. The SMILES string of the molecule is CC(Nc1nccc([N+]2(NCC3CCCN3)C=Nc3ccccc32)n1)C1CCCN(C(=O)Nc2cccc3ccccc23)C1. The van der Waals surface area contributed by atoms with Gasteiger partial charge in [0.25, 0.3) is 5.82 Å². The number of likely N-dealkylation sites (tertiary alicyclic amines) is 1. The normalized spacial score (nSPS) is 23.4. The fourth-order valence-corrected chi connectivity index (χ4v) is 6.73. The molecule has 1 aromatic heterocycles. The molecule has 2 fully saturated rings. The van der Waals surface area contributed by atoms with E-state index in [-0.39, 0.29) is 22.6 Å². The van der Waals surface area contributed by atoms with Crippen LogP contribution in [0.15, 0.2) is 84.0 Å². The number of amides is 2. The molecule has 3 aromatic carbocycles. The molecule has 3 aliphatic rings. The molecule has 44 heavy (non-hydrogen) atoms. The van der Waals surface area contributed by atoms with Crippen molar-refractivity contribution in [2.75, 3.05) is 36.8 Å². The minimum absolute atomic E-state index is 0.0576. The first-order chi connectivity index (χ1) is 21.6. The maximum Gasteiger partial charge on any atom is 0.321 e. The van der Waals surface area contributed by atoms with E-state index in [9.17, 15) is 4.79 Å². The molecule has 7 rings (SSSR count). The molecule has 10 nitrogen and oxygen atoms in total. The molecule has 0 spiro atoms. The van der Waals surface area contributed by atoms with Gasteiger partial charge in [-0.25, -0.2) is 9.78 Å². The Hall–Kier alpha value is -4.38. The van der Waals surface area contributed by atoms with Crippen molar-refractivity contribution in [1.82, 2.24) is 30.2 Å². The number of para-hydroxylation sites is 2. The van der Waals surface area contributed by atoms with Crippen LogP contribution in [0.1, 0.15) is 32.6 Å². The minimum atomic E-state index is -0.0576. The molecule has 10 heteroatoms. The molecule has 0 saturated carbocycles. The van der Waals surface area contributed by atoms with Crippen LogP contribution in [0.3, 0.4) is 0 Å². The van der Waals surface area contributed by atoms with Gasteiger partial charge in [0.05, 0.1) is 12.2 Å². The molecule has 4 aromatic rings. The number of aliphatic imine (C=N–C) groups is 1. The molecular weight excluding hydrogens is 550 g/mol. The van der Waals surface area contributed by atoms with E-state index in [2.05, 4.69) is 51.5 Å². The fourth-order valence-electron chi connectivity index (χ4n) is 6.73. The maximum atomic E-state index is 13.4. The predicted octanol–water partition coefficient (Wildman–Crippen LogP) is 5.94. The van der Waals surface area contributed by atoms with Gasteiger partial charge >= 0.3 is 6.03 Å². The molecule has 0 radical (unpaired) electrons. The highest BCUT2D eigenvalue weighted by atomic mass is 16.2. The van der Waals surface area contributed by atoms with E-state index in [4.69, 9.17) is 9.98 Å². The average Bonchev–Trinajstić information content (AvgIpc) is 3.73. The van der Waals surface area contributed by atoms with E-state index in [1.807, 2.05) is 72.0 Å². The number of benzene rings is 3. The summed E-state index contributed by atoms with van der Waals surface area (Å²) in [7, 11) is 0. The summed E-state index contributed by atoms with van der Waals surface area (Å²) in [5.41, 5.74) is 6.58. The van der Waals surface area contributed by atoms with Crippen LogP contribution in [-0.2, 0) is 0 Å². The van der Waals surface area contributed by atoms with Gasteiger partial charge in [0.2, 0.25) is 12.3 Å². The van der Waals surface area contributed by atoms with Crippen molar-refractivity contribution in [2.24, 2.45) is 10.9 Å². The number of urea groups is 1. The van der Waals surface area contributed by atoms with Crippen molar-refractivity contribution >= 4 is 52.0 Å². The second kappa shape index (κ2) is 12.3. The Bertz CT molecular complexity index is 1660. The molecule has 4 atom stereocenters. The fraction of sp³-hybridized carbons (Fsp3) is 0.353. The lowest BCUT2D eigenvalue weighted by molar-refractivity contribution is 0.172. The van der Waals surface area contributed by atoms with E-state index in [0.29, 0.717) is 18.5 Å². The first-order valence-electron chi connectivity index (χ1n) is 15.7. The summed E-state index contributed by atoms with van der Waals surface area (Å²) in [6.07, 6.45) is 8.07. The lowest BCUT2D eigenvalue weighted by Gasteiger charge is -2.36. The molecule has 226 valence electrons. The van der Waals surface area contributed by atoms with Crippen LogP contribution in [0.2, 0.25) is 0 Å². The number of aromatic nitrogens is 2. The number of nitrogens with one attached hydrogen (secondary N) is 4. The van der Waals surface area contributed by atoms with Crippen molar-refractivity contribution in [3.63, 3.8) is 0 Å². The number of carbonyl (C=O) groups is 1. The zero-order chi connectivity index (χ0) is 29.9. The summed E-state index contributed by atoms with van der Waals surface area (Å²) in [6, 6.07) is 24.7. The molecular formula is C34H40N9O+. The quantitative estimate of drug-likeness (QED) is 0.189. The third kappa shape index (κ3) is 5.63. The van der Waals surface area contributed by atoms with Crippen molar-refractivity contribution in [3.05, 3.63) is 79.0 Å². The Labute approximate surface area is 258 Å². The van der Waals surface area contributed by atoms with Crippen molar-refractivity contribution in [3.8, 4) is 0 Å². The van der Waals surface area contributed by atoms with E-state index in [1.165, 1.54) is 6.42 Å². The molecule has 4 N–H and O–H groups in total. The third-order valence-corrected chi connectivity index (χ3v) is 9.22. The van der Waals surface area contributed by atoms with Gasteiger partial charge < -0.3 is 20.9 Å². The second-order valence-electron chi connectivity index (χ2n) is 12.1.